The summed E-state index contributed by atoms with van der Waals surface area (Å²) in [4.78, 5) is 9.70. The summed E-state index contributed by atoms with van der Waals surface area (Å²) >= 11 is 12.6. The van der Waals surface area contributed by atoms with Gasteiger partial charge in [-0.1, -0.05) is 97.7 Å². The number of rotatable bonds is 11. The Hall–Kier alpha value is -6.28. The Bertz CT molecular complexity index is 2690. The molecule has 0 radical (unpaired) electrons. The number of nitriles is 6. The van der Waals surface area contributed by atoms with E-state index in [0.29, 0.717) is 67.1 Å². The first kappa shape index (κ1) is 57.6. The summed E-state index contributed by atoms with van der Waals surface area (Å²) < 4.78 is 0. The zero-order valence-corrected chi connectivity index (χ0v) is 44.4. The fraction of sp³-hybridized carbons (Fsp3) is 0.443. The van der Waals surface area contributed by atoms with Crippen molar-refractivity contribution in [1.82, 2.24) is 19.6 Å². The lowest BCUT2D eigenvalue weighted by molar-refractivity contribution is 0.213. The second-order valence-corrected chi connectivity index (χ2v) is 19.9. The van der Waals surface area contributed by atoms with Gasteiger partial charge in [0, 0.05) is 13.1 Å². The maximum Gasteiger partial charge on any atom is 0.101 e. The zero-order valence-electron chi connectivity index (χ0n) is 42.9. The first-order valence-corrected chi connectivity index (χ1v) is 26.7. The highest BCUT2D eigenvalue weighted by atomic mass is 35.5. The van der Waals surface area contributed by atoms with E-state index in [1.807, 2.05) is 48.6 Å². The van der Waals surface area contributed by atoms with Gasteiger partial charge in [0.1, 0.15) is 36.4 Å². The molecule has 12 heteroatoms. The Morgan fingerprint density at radius 1 is 0.438 bits per heavy atom. The van der Waals surface area contributed by atoms with Crippen molar-refractivity contribution in [3.05, 3.63) is 164 Å². The molecule has 4 heterocycles. The number of piperidine rings is 4. The molecule has 4 aromatic rings. The highest BCUT2D eigenvalue weighted by Crippen LogP contribution is 2.37. The maximum absolute atomic E-state index is 9.27. The predicted octanol–water partition coefficient (Wildman–Crippen LogP) is 12.8. The fourth-order valence-corrected chi connectivity index (χ4v) is 11.4. The van der Waals surface area contributed by atoms with Gasteiger partial charge in [0.15, 0.2) is 0 Å². The molecule has 378 valence electrons. The van der Waals surface area contributed by atoms with E-state index in [2.05, 4.69) is 95.2 Å². The number of nitrogens with zero attached hydrogens (tertiary/aromatic N) is 10. The van der Waals surface area contributed by atoms with E-state index in [1.54, 1.807) is 24.3 Å². The molecule has 8 rings (SSSR count). The van der Waals surface area contributed by atoms with Gasteiger partial charge in [-0.05, 0) is 193 Å². The van der Waals surface area contributed by atoms with Crippen LogP contribution in [0.2, 0.25) is 10.0 Å². The number of likely N-dealkylation sites (tertiary alicyclic amines) is 4. The van der Waals surface area contributed by atoms with Crippen LogP contribution in [0, 0.1) is 68.0 Å². The topological polar surface area (TPSA) is 156 Å². The summed E-state index contributed by atoms with van der Waals surface area (Å²) in [6, 6.07) is 35.7. The van der Waals surface area contributed by atoms with E-state index in [4.69, 9.17) is 44.2 Å². The van der Waals surface area contributed by atoms with Crippen molar-refractivity contribution in [3.8, 4) is 36.4 Å². The van der Waals surface area contributed by atoms with Gasteiger partial charge in [0.2, 0.25) is 0 Å². The van der Waals surface area contributed by atoms with Crippen LogP contribution >= 0.6 is 23.2 Å². The predicted molar refractivity (Wildman–Crippen MR) is 294 cm³/mol. The summed E-state index contributed by atoms with van der Waals surface area (Å²) in [6.07, 6.45) is 13.8. The molecule has 4 aromatic carbocycles. The van der Waals surface area contributed by atoms with E-state index in [1.165, 1.54) is 13.0 Å². The van der Waals surface area contributed by atoms with Crippen molar-refractivity contribution >= 4 is 23.2 Å². The molecule has 0 unspecified atom stereocenters. The molecule has 0 bridgehead atoms. The van der Waals surface area contributed by atoms with Gasteiger partial charge in [0.25, 0.3) is 0 Å². The smallest absolute Gasteiger partial charge is 0.101 e. The molecule has 4 saturated heterocycles. The molecule has 0 atom stereocenters. The van der Waals surface area contributed by atoms with Crippen molar-refractivity contribution in [1.29, 1.82) is 31.6 Å². The maximum atomic E-state index is 9.27. The molecule has 4 fully saturated rings. The number of hydrogen-bond acceptors (Lipinski definition) is 10. The quantitative estimate of drug-likeness (QED) is 0.133. The summed E-state index contributed by atoms with van der Waals surface area (Å²) in [5.74, 6) is 1.81. The molecule has 10 nitrogen and oxygen atoms in total. The molecular weight excluding hydrogens is 944 g/mol. The van der Waals surface area contributed by atoms with Crippen LogP contribution in [0.1, 0.15) is 151 Å². The molecule has 4 aliphatic heterocycles. The lowest BCUT2D eigenvalue weighted by Gasteiger charge is -2.32. The number of halogens is 2. The van der Waals surface area contributed by atoms with Crippen molar-refractivity contribution < 1.29 is 0 Å². The van der Waals surface area contributed by atoms with Crippen LogP contribution in [-0.4, -0.2) is 98.1 Å². The Balaban J connectivity index is 0.000000181. The summed E-state index contributed by atoms with van der Waals surface area (Å²) in [6.45, 7) is 24.8. The highest BCUT2D eigenvalue weighted by Gasteiger charge is 2.26. The lowest BCUT2D eigenvalue weighted by atomic mass is 9.85. The first-order chi connectivity index (χ1) is 35.6. The second-order valence-electron chi connectivity index (χ2n) is 19.2. The van der Waals surface area contributed by atoms with Crippen molar-refractivity contribution in [3.63, 3.8) is 0 Å². The van der Waals surface area contributed by atoms with E-state index in [0.717, 1.165) is 146 Å². The van der Waals surface area contributed by atoms with Gasteiger partial charge in [-0.15, -0.1) is 13.2 Å². The number of hydrogen-bond donors (Lipinski definition) is 0. The molecule has 0 amide bonds. The average Bonchev–Trinajstić information content (AvgIpc) is 3.44. The Labute approximate surface area is 446 Å². The van der Waals surface area contributed by atoms with Crippen LogP contribution in [0.5, 0.6) is 0 Å². The minimum absolute atomic E-state index is 0.393. The van der Waals surface area contributed by atoms with Crippen LogP contribution in [-0.2, 0) is 0 Å². The molecule has 0 spiro atoms. The van der Waals surface area contributed by atoms with Crippen molar-refractivity contribution in [2.45, 2.75) is 95.3 Å². The normalized spacial score (nSPS) is 17.1. The highest BCUT2D eigenvalue weighted by molar-refractivity contribution is 6.33. The van der Waals surface area contributed by atoms with E-state index >= 15 is 0 Å². The molecule has 0 N–H and O–H groups in total. The monoisotopic (exact) mass is 1010 g/mol. The third kappa shape index (κ3) is 16.1. The standard InChI is InChI=1S/C16H17N3.C15H19ClN2.C15H17ClN2.C15H17N3/c1-2-8-19-9-6-13(7-10-19)15-5-3-4-14(11-17)16(15)12-18;2*1-2-8-18-9-6-12(7-10-18)14-5-3-4-13(11-17)15(14)16;1-2-18-8-6-12(7-9-18)14-5-3-4-13(10-16)15(14)11-17/h2-5,13H,1,6-10H2;3-5,12H,2,6-10H2,1H3;2-5,12H,1,6-10H2;3-5,12H,2,6-9H2,1H3. The van der Waals surface area contributed by atoms with E-state index < -0.39 is 0 Å². The summed E-state index contributed by atoms with van der Waals surface area (Å²) in [5, 5.41) is 55.9. The van der Waals surface area contributed by atoms with Crippen LogP contribution in [0.15, 0.2) is 98.1 Å². The van der Waals surface area contributed by atoms with Gasteiger partial charge in [0.05, 0.1) is 43.4 Å². The van der Waals surface area contributed by atoms with Gasteiger partial charge in [-0.3, -0.25) is 9.80 Å². The van der Waals surface area contributed by atoms with Gasteiger partial charge >= 0.3 is 0 Å². The first-order valence-electron chi connectivity index (χ1n) is 26.0. The Morgan fingerprint density at radius 2 is 0.740 bits per heavy atom. The van der Waals surface area contributed by atoms with Crippen molar-refractivity contribution in [2.24, 2.45) is 0 Å². The van der Waals surface area contributed by atoms with E-state index in [9.17, 15) is 10.5 Å². The van der Waals surface area contributed by atoms with Crippen LogP contribution in [0.25, 0.3) is 0 Å². The molecule has 0 aliphatic carbocycles. The summed E-state index contributed by atoms with van der Waals surface area (Å²) in [5.41, 5.74) is 7.73. The minimum Gasteiger partial charge on any atom is -0.304 e. The third-order valence-corrected chi connectivity index (χ3v) is 15.7. The third-order valence-electron chi connectivity index (χ3n) is 14.8. The lowest BCUT2D eigenvalue weighted by Crippen LogP contribution is -2.33. The molecular formula is C61H70Cl2N10. The summed E-state index contributed by atoms with van der Waals surface area (Å²) in [7, 11) is 0. The van der Waals surface area contributed by atoms with Crippen LogP contribution in [0.3, 0.4) is 0 Å². The minimum atomic E-state index is 0.393. The van der Waals surface area contributed by atoms with Crippen LogP contribution < -0.4 is 0 Å². The fourth-order valence-electron chi connectivity index (χ4n) is 10.7. The Morgan fingerprint density at radius 3 is 1.04 bits per heavy atom. The molecule has 73 heavy (non-hydrogen) atoms. The molecule has 0 aromatic heterocycles. The molecule has 4 aliphatic rings. The molecule has 0 saturated carbocycles. The van der Waals surface area contributed by atoms with E-state index in [-0.39, 0.29) is 0 Å². The average molecular weight is 1010 g/mol. The van der Waals surface area contributed by atoms with Gasteiger partial charge in [-0.2, -0.15) is 31.6 Å². The van der Waals surface area contributed by atoms with Crippen molar-refractivity contribution in [2.75, 3.05) is 78.5 Å². The zero-order chi connectivity index (χ0) is 52.5. The second kappa shape index (κ2) is 30.7. The van der Waals surface area contributed by atoms with Crippen LogP contribution in [0.4, 0.5) is 0 Å². The number of benzene rings is 4. The van der Waals surface area contributed by atoms with Gasteiger partial charge in [-0.25, -0.2) is 0 Å². The SMILES string of the molecule is C=CCN1CCC(c2cccc(C#N)c2C#N)CC1.C=CCN1CCC(c2cccc(C#N)c2Cl)CC1.CCCN1CCC(c2cccc(C#N)c2Cl)CC1.CCN1CCC(c2cccc(C#N)c2C#N)CC1. The van der Waals surface area contributed by atoms with Gasteiger partial charge < -0.3 is 9.80 Å². The Kier molecular flexibility index (Phi) is 24.2. The largest absolute Gasteiger partial charge is 0.304 e.